The number of ketones is 1. The molecule has 0 spiro atoms. The Bertz CT molecular complexity index is 238. The molecule has 15 heavy (non-hydrogen) atoms. The summed E-state index contributed by atoms with van der Waals surface area (Å²) in [6.07, 6.45) is 2.11. The van der Waals surface area contributed by atoms with Gasteiger partial charge in [-0.1, -0.05) is 11.8 Å². The van der Waals surface area contributed by atoms with Crippen LogP contribution in [-0.2, 0) is 14.4 Å². The van der Waals surface area contributed by atoms with Crippen molar-refractivity contribution in [2.75, 3.05) is 5.75 Å². The number of carboxylic acids is 1. The third kappa shape index (κ3) is 11.1. The summed E-state index contributed by atoms with van der Waals surface area (Å²) in [7, 11) is 0. The number of carbonyl (C=O) groups is 3. The molecule has 0 radical (unpaired) electrons. The van der Waals surface area contributed by atoms with Crippen molar-refractivity contribution in [3.05, 3.63) is 0 Å². The third-order valence-corrected chi connectivity index (χ3v) is 2.60. The van der Waals surface area contributed by atoms with Crippen molar-refractivity contribution in [2.24, 2.45) is 0 Å². The molecule has 0 fully saturated rings. The lowest BCUT2D eigenvalue weighted by molar-refractivity contribution is -0.137. The fourth-order valence-electron chi connectivity index (χ4n) is 1.03. The third-order valence-electron chi connectivity index (χ3n) is 1.78. The van der Waals surface area contributed by atoms with Gasteiger partial charge in [0.2, 0.25) is 0 Å². The van der Waals surface area contributed by atoms with E-state index in [1.807, 2.05) is 0 Å². The highest BCUT2D eigenvalue weighted by atomic mass is 32.2. The second-order valence-electron chi connectivity index (χ2n) is 3.23. The second kappa shape index (κ2) is 8.47. The fourth-order valence-corrected chi connectivity index (χ4v) is 1.65. The lowest BCUT2D eigenvalue weighted by atomic mass is 10.1. The first-order chi connectivity index (χ1) is 7.02. The van der Waals surface area contributed by atoms with E-state index < -0.39 is 5.97 Å². The molecule has 0 amide bonds. The summed E-state index contributed by atoms with van der Waals surface area (Å²) in [4.78, 5) is 31.9. The Labute approximate surface area is 93.4 Å². The van der Waals surface area contributed by atoms with Gasteiger partial charge < -0.3 is 5.11 Å². The lowest BCUT2D eigenvalue weighted by Crippen LogP contribution is -2.01. The van der Waals surface area contributed by atoms with Crippen LogP contribution in [0.15, 0.2) is 0 Å². The topological polar surface area (TPSA) is 71.4 Å². The van der Waals surface area contributed by atoms with E-state index in [0.717, 1.165) is 11.8 Å². The highest BCUT2D eigenvalue weighted by molar-refractivity contribution is 8.13. The van der Waals surface area contributed by atoms with Gasteiger partial charge in [-0.05, 0) is 12.8 Å². The predicted molar refractivity (Wildman–Crippen MR) is 58.9 cm³/mol. The standard InChI is InChI=1S/C10H16O4S/c1-8(11)15-7-6-9(12)4-2-3-5-10(13)14/h2-7H2,1H3,(H,13,14). The van der Waals surface area contributed by atoms with Gasteiger partial charge in [0.05, 0.1) is 0 Å². The van der Waals surface area contributed by atoms with E-state index in [1.54, 1.807) is 0 Å². The molecule has 0 aliphatic rings. The molecule has 0 heterocycles. The van der Waals surface area contributed by atoms with Crippen LogP contribution in [0.3, 0.4) is 0 Å². The highest BCUT2D eigenvalue weighted by Crippen LogP contribution is 2.07. The summed E-state index contributed by atoms with van der Waals surface area (Å²) in [6.45, 7) is 1.47. The van der Waals surface area contributed by atoms with E-state index in [1.165, 1.54) is 6.92 Å². The number of unbranched alkanes of at least 4 members (excludes halogenated alkanes) is 1. The van der Waals surface area contributed by atoms with E-state index >= 15 is 0 Å². The van der Waals surface area contributed by atoms with Gasteiger partial charge in [-0.25, -0.2) is 0 Å². The van der Waals surface area contributed by atoms with Crippen molar-refractivity contribution in [1.29, 1.82) is 0 Å². The first-order valence-corrected chi connectivity index (χ1v) is 5.88. The summed E-state index contributed by atoms with van der Waals surface area (Å²) >= 11 is 1.15. The maximum absolute atomic E-state index is 11.2. The van der Waals surface area contributed by atoms with Crippen LogP contribution in [0.25, 0.3) is 0 Å². The van der Waals surface area contributed by atoms with Crippen LogP contribution in [-0.4, -0.2) is 27.7 Å². The minimum absolute atomic E-state index is 0.0219. The normalized spacial score (nSPS) is 9.93. The maximum Gasteiger partial charge on any atom is 0.303 e. The van der Waals surface area contributed by atoms with E-state index in [0.29, 0.717) is 31.4 Å². The van der Waals surface area contributed by atoms with E-state index in [2.05, 4.69) is 0 Å². The molecule has 0 aromatic rings. The summed E-state index contributed by atoms with van der Waals surface area (Å²) in [6, 6.07) is 0. The van der Waals surface area contributed by atoms with E-state index in [-0.39, 0.29) is 17.3 Å². The largest absolute Gasteiger partial charge is 0.481 e. The Hall–Kier alpha value is -0.840. The van der Waals surface area contributed by atoms with Gasteiger partial charge in [0.1, 0.15) is 5.78 Å². The van der Waals surface area contributed by atoms with Crippen LogP contribution < -0.4 is 0 Å². The zero-order valence-electron chi connectivity index (χ0n) is 8.82. The quantitative estimate of drug-likeness (QED) is 0.647. The number of hydrogen-bond donors (Lipinski definition) is 1. The lowest BCUT2D eigenvalue weighted by Gasteiger charge is -1.99. The monoisotopic (exact) mass is 232 g/mol. The van der Waals surface area contributed by atoms with E-state index in [4.69, 9.17) is 5.11 Å². The summed E-state index contributed by atoms with van der Waals surface area (Å²) in [5, 5.41) is 8.38. The van der Waals surface area contributed by atoms with Gasteiger partial charge in [-0.3, -0.25) is 14.4 Å². The molecule has 0 saturated carbocycles. The second-order valence-corrected chi connectivity index (χ2v) is 4.50. The van der Waals surface area contributed by atoms with Crippen molar-refractivity contribution in [3.63, 3.8) is 0 Å². The molecule has 5 heteroatoms. The van der Waals surface area contributed by atoms with E-state index in [9.17, 15) is 14.4 Å². The summed E-state index contributed by atoms with van der Waals surface area (Å²) in [5.41, 5.74) is 0. The van der Waals surface area contributed by atoms with Crippen LogP contribution in [0.2, 0.25) is 0 Å². The van der Waals surface area contributed by atoms with Crippen molar-refractivity contribution in [1.82, 2.24) is 0 Å². The minimum atomic E-state index is -0.824. The first-order valence-electron chi connectivity index (χ1n) is 4.89. The Balaban J connectivity index is 3.33. The molecule has 0 atom stereocenters. The van der Waals surface area contributed by atoms with Crippen LogP contribution in [0, 0.1) is 0 Å². The number of rotatable bonds is 8. The van der Waals surface area contributed by atoms with Gasteiger partial charge in [0.15, 0.2) is 5.12 Å². The van der Waals surface area contributed by atoms with Gasteiger partial charge in [0, 0.05) is 31.9 Å². The molecule has 0 saturated heterocycles. The SMILES string of the molecule is CC(=O)SCCC(=O)CCCCC(=O)O. The Kier molecular flexibility index (Phi) is 7.99. The van der Waals surface area contributed by atoms with Crippen LogP contribution in [0.5, 0.6) is 0 Å². The van der Waals surface area contributed by atoms with Crippen molar-refractivity contribution >= 4 is 28.6 Å². The fraction of sp³-hybridized carbons (Fsp3) is 0.700. The molecular formula is C10H16O4S. The maximum atomic E-state index is 11.2. The number of carboxylic acid groups (broad SMARTS) is 1. The van der Waals surface area contributed by atoms with Crippen molar-refractivity contribution in [3.8, 4) is 0 Å². The first kappa shape index (κ1) is 14.2. The van der Waals surface area contributed by atoms with Gasteiger partial charge in [-0.2, -0.15) is 0 Å². The smallest absolute Gasteiger partial charge is 0.303 e. The number of Topliss-reactive ketones (excluding diaryl/α,β-unsaturated/α-hetero) is 1. The van der Waals surface area contributed by atoms with Crippen LogP contribution >= 0.6 is 11.8 Å². The average Bonchev–Trinajstić information content (AvgIpc) is 2.11. The Morgan fingerprint density at radius 3 is 2.20 bits per heavy atom. The molecule has 0 aliphatic heterocycles. The number of carbonyl (C=O) groups excluding carboxylic acids is 2. The summed E-state index contributed by atoms with van der Waals surface area (Å²) < 4.78 is 0. The van der Waals surface area contributed by atoms with Gasteiger partial charge >= 0.3 is 5.97 Å². The molecule has 4 nitrogen and oxygen atoms in total. The molecule has 1 N–H and O–H groups in total. The predicted octanol–water partition coefficient (Wildman–Crippen LogP) is 1.87. The summed E-state index contributed by atoms with van der Waals surface area (Å²) in [5.74, 6) is -0.184. The van der Waals surface area contributed by atoms with Crippen molar-refractivity contribution < 1.29 is 19.5 Å². The molecule has 0 aromatic carbocycles. The molecule has 86 valence electrons. The molecule has 0 unspecified atom stereocenters. The molecular weight excluding hydrogens is 216 g/mol. The Morgan fingerprint density at radius 1 is 1.07 bits per heavy atom. The molecule has 0 aromatic heterocycles. The zero-order valence-corrected chi connectivity index (χ0v) is 9.64. The number of thioether (sulfide) groups is 1. The minimum Gasteiger partial charge on any atom is -0.481 e. The molecule has 0 aliphatic carbocycles. The Morgan fingerprint density at radius 2 is 1.67 bits per heavy atom. The number of aliphatic carboxylic acids is 1. The van der Waals surface area contributed by atoms with Crippen LogP contribution in [0.4, 0.5) is 0 Å². The number of hydrogen-bond acceptors (Lipinski definition) is 4. The van der Waals surface area contributed by atoms with Gasteiger partial charge in [-0.15, -0.1) is 0 Å². The molecule has 0 bridgehead atoms. The zero-order chi connectivity index (χ0) is 11.7. The molecule has 0 rings (SSSR count). The average molecular weight is 232 g/mol. The van der Waals surface area contributed by atoms with Gasteiger partial charge in [0.25, 0.3) is 0 Å². The highest BCUT2D eigenvalue weighted by Gasteiger charge is 2.04. The van der Waals surface area contributed by atoms with Crippen LogP contribution in [0.1, 0.15) is 39.0 Å². The van der Waals surface area contributed by atoms with Crippen molar-refractivity contribution in [2.45, 2.75) is 39.0 Å².